The Bertz CT molecular complexity index is 494. The number of alkyl halides is 2. The van der Waals surface area contributed by atoms with Crippen LogP contribution in [0.25, 0.3) is 0 Å². The van der Waals surface area contributed by atoms with Gasteiger partial charge in [0.05, 0.1) is 0 Å². The Balaban J connectivity index is 3.62. The van der Waals surface area contributed by atoms with E-state index in [0.29, 0.717) is 0 Å². The van der Waals surface area contributed by atoms with Crippen molar-refractivity contribution >= 4 is 48.5 Å². The number of hydrogen-bond acceptors (Lipinski definition) is 3. The van der Waals surface area contributed by atoms with Gasteiger partial charge >= 0.3 is 0 Å². The quantitative estimate of drug-likeness (QED) is 0.596. The van der Waals surface area contributed by atoms with Crippen molar-refractivity contribution < 1.29 is 17.2 Å². The zero-order chi connectivity index (χ0) is 11.8. The summed E-state index contributed by atoms with van der Waals surface area (Å²) in [6, 6.07) is 0.982. The van der Waals surface area contributed by atoms with Crippen LogP contribution in [0.3, 0.4) is 0 Å². The molecule has 0 fully saturated rings. The lowest BCUT2D eigenvalue weighted by Gasteiger charge is -2.08. The molecule has 1 aromatic rings. The lowest BCUT2D eigenvalue weighted by atomic mass is 10.3. The number of nitrogens with zero attached hydrogens (tertiary/aromatic N) is 1. The second kappa shape index (κ2) is 4.55. The normalized spacial score (nSPS) is 12.1. The second-order valence-corrected chi connectivity index (χ2v) is 5.85. The van der Waals surface area contributed by atoms with Gasteiger partial charge in [-0.1, -0.05) is 0 Å². The molecular weight excluding hydrogens is 409 g/mol. The first-order chi connectivity index (χ1) is 6.73. The molecule has 15 heavy (non-hydrogen) atoms. The molecule has 9 heteroatoms. The molecule has 2 N–H and O–H groups in total. The van der Waals surface area contributed by atoms with Crippen molar-refractivity contribution in [2.45, 2.75) is 11.3 Å². The van der Waals surface area contributed by atoms with Crippen molar-refractivity contribution in [2.24, 2.45) is 5.14 Å². The van der Waals surface area contributed by atoms with Crippen molar-refractivity contribution in [1.29, 1.82) is 0 Å². The fraction of sp³-hybridized carbons (Fsp3) is 0.167. The summed E-state index contributed by atoms with van der Waals surface area (Å²) in [4.78, 5) is 3.03. The molecule has 1 heterocycles. The topological polar surface area (TPSA) is 73.1 Å². The zero-order valence-corrected chi connectivity index (χ0v) is 11.5. The maximum absolute atomic E-state index is 12.5. The molecule has 0 spiro atoms. The lowest BCUT2D eigenvalue weighted by molar-refractivity contribution is 0.147. The van der Waals surface area contributed by atoms with E-state index in [4.69, 9.17) is 5.14 Å². The third kappa shape index (κ3) is 3.04. The molecule has 0 radical (unpaired) electrons. The van der Waals surface area contributed by atoms with Crippen LogP contribution in [0.1, 0.15) is 12.0 Å². The van der Waals surface area contributed by atoms with Gasteiger partial charge in [0.15, 0.2) is 0 Å². The molecule has 1 aromatic heterocycles. The molecule has 0 aromatic carbocycles. The molecule has 0 aliphatic carbocycles. The van der Waals surface area contributed by atoms with Gasteiger partial charge in [0.1, 0.15) is 13.2 Å². The summed E-state index contributed by atoms with van der Waals surface area (Å²) in [6.07, 6.45) is -2.92. The van der Waals surface area contributed by atoms with Crippen LogP contribution in [0.5, 0.6) is 0 Å². The Hall–Kier alpha value is 0.130. The highest BCUT2D eigenvalue weighted by atomic mass is 127. The number of primary sulfonamides is 1. The van der Waals surface area contributed by atoms with Gasteiger partial charge in [0.25, 0.3) is 6.43 Å². The molecule has 1 rings (SSSR count). The van der Waals surface area contributed by atoms with Crippen LogP contribution in [0.2, 0.25) is 0 Å². The summed E-state index contributed by atoms with van der Waals surface area (Å²) < 4.78 is 47.3. The van der Waals surface area contributed by atoms with Crippen molar-refractivity contribution in [3.05, 3.63) is 19.9 Å². The van der Waals surface area contributed by atoms with Crippen molar-refractivity contribution in [2.75, 3.05) is 0 Å². The second-order valence-electron chi connectivity index (χ2n) is 2.50. The standard InChI is InChI=1S/C6H4BrF2IN2O2S/c7-5-4(15(11,13)14)2(6(8)9)1-3(10)12-5/h1,6H,(H2,11,13,14). The minimum atomic E-state index is -4.22. The number of nitrogens with two attached hydrogens (primary N) is 1. The van der Waals surface area contributed by atoms with Crippen LogP contribution in [0, 0.1) is 3.70 Å². The minimum Gasteiger partial charge on any atom is -0.234 e. The third-order valence-electron chi connectivity index (χ3n) is 1.45. The zero-order valence-electron chi connectivity index (χ0n) is 6.92. The van der Waals surface area contributed by atoms with Crippen LogP contribution in [0.4, 0.5) is 8.78 Å². The average Bonchev–Trinajstić information content (AvgIpc) is 1.99. The smallest absolute Gasteiger partial charge is 0.234 e. The highest BCUT2D eigenvalue weighted by molar-refractivity contribution is 14.1. The Morgan fingerprint density at radius 1 is 1.53 bits per heavy atom. The maximum Gasteiger partial charge on any atom is 0.265 e. The molecule has 84 valence electrons. The average molecular weight is 413 g/mol. The molecule has 0 unspecified atom stereocenters. The van der Waals surface area contributed by atoms with E-state index in [1.54, 1.807) is 22.6 Å². The third-order valence-corrected chi connectivity index (χ3v) is 3.84. The first kappa shape index (κ1) is 13.2. The van der Waals surface area contributed by atoms with E-state index in [1.165, 1.54) is 0 Å². The van der Waals surface area contributed by atoms with Crippen LogP contribution in [0.15, 0.2) is 15.6 Å². The first-order valence-electron chi connectivity index (χ1n) is 3.40. The predicted octanol–water partition coefficient (Wildman–Crippen LogP) is 2.03. The van der Waals surface area contributed by atoms with Gasteiger partial charge in [-0.25, -0.2) is 27.3 Å². The fourth-order valence-electron chi connectivity index (χ4n) is 0.934. The van der Waals surface area contributed by atoms with Gasteiger partial charge in [0, 0.05) is 5.56 Å². The molecular formula is C6H4BrF2IN2O2S. The summed E-state index contributed by atoms with van der Waals surface area (Å²) in [5.41, 5.74) is -0.649. The number of rotatable bonds is 2. The van der Waals surface area contributed by atoms with E-state index < -0.39 is 26.9 Å². The number of halogens is 4. The Morgan fingerprint density at radius 3 is 2.47 bits per heavy atom. The summed E-state index contributed by atoms with van der Waals surface area (Å²) in [5, 5.41) is 4.81. The molecule has 0 atom stereocenters. The van der Waals surface area contributed by atoms with Crippen molar-refractivity contribution in [3.8, 4) is 0 Å². The highest BCUT2D eigenvalue weighted by Crippen LogP contribution is 2.31. The van der Waals surface area contributed by atoms with E-state index in [-0.39, 0.29) is 8.30 Å². The summed E-state index contributed by atoms with van der Waals surface area (Å²) in [7, 11) is -4.22. The van der Waals surface area contributed by atoms with Gasteiger partial charge in [-0.15, -0.1) is 0 Å². The van der Waals surface area contributed by atoms with Crippen LogP contribution in [-0.4, -0.2) is 13.4 Å². The van der Waals surface area contributed by atoms with E-state index in [1.807, 2.05) is 0 Å². The van der Waals surface area contributed by atoms with Crippen molar-refractivity contribution in [3.63, 3.8) is 0 Å². The SMILES string of the molecule is NS(=O)(=O)c1c(C(F)F)cc(I)nc1Br. The predicted molar refractivity (Wildman–Crippen MR) is 61.0 cm³/mol. The lowest BCUT2D eigenvalue weighted by Crippen LogP contribution is -2.16. The molecule has 0 bridgehead atoms. The molecule has 0 saturated heterocycles. The number of hydrogen-bond donors (Lipinski definition) is 1. The highest BCUT2D eigenvalue weighted by Gasteiger charge is 2.25. The Morgan fingerprint density at radius 2 is 2.07 bits per heavy atom. The van der Waals surface area contributed by atoms with Crippen LogP contribution in [-0.2, 0) is 10.0 Å². The molecule has 0 aliphatic rings. The maximum atomic E-state index is 12.5. The van der Waals surface area contributed by atoms with Gasteiger partial charge in [0.2, 0.25) is 10.0 Å². The Labute approximate surface area is 107 Å². The van der Waals surface area contributed by atoms with Gasteiger partial charge < -0.3 is 0 Å². The monoisotopic (exact) mass is 412 g/mol. The summed E-state index contributed by atoms with van der Waals surface area (Å²) >= 11 is 4.49. The number of sulfonamides is 1. The number of aromatic nitrogens is 1. The van der Waals surface area contributed by atoms with E-state index in [2.05, 4.69) is 20.9 Å². The Kier molecular flexibility index (Phi) is 4.01. The van der Waals surface area contributed by atoms with Crippen LogP contribution >= 0.6 is 38.5 Å². The molecule has 0 aliphatic heterocycles. The van der Waals surface area contributed by atoms with E-state index >= 15 is 0 Å². The van der Waals surface area contributed by atoms with Gasteiger partial charge in [-0.05, 0) is 44.6 Å². The minimum absolute atomic E-state index is 0.202. The van der Waals surface area contributed by atoms with Crippen LogP contribution < -0.4 is 5.14 Å². The molecule has 0 saturated carbocycles. The molecule has 4 nitrogen and oxygen atoms in total. The van der Waals surface area contributed by atoms with E-state index in [9.17, 15) is 17.2 Å². The van der Waals surface area contributed by atoms with Gasteiger partial charge in [-0.2, -0.15) is 0 Å². The fourth-order valence-corrected chi connectivity index (χ4v) is 3.70. The first-order valence-corrected chi connectivity index (χ1v) is 6.82. The van der Waals surface area contributed by atoms with Crippen molar-refractivity contribution in [1.82, 2.24) is 4.98 Å². The largest absolute Gasteiger partial charge is 0.265 e. The van der Waals surface area contributed by atoms with E-state index in [0.717, 1.165) is 6.07 Å². The van der Waals surface area contributed by atoms with Gasteiger partial charge in [-0.3, -0.25) is 0 Å². The number of pyridine rings is 1. The summed E-state index contributed by atoms with van der Waals surface area (Å²) in [6.45, 7) is 0. The molecule has 0 amide bonds. The summed E-state index contributed by atoms with van der Waals surface area (Å²) in [5.74, 6) is 0.